The van der Waals surface area contributed by atoms with E-state index in [0.29, 0.717) is 19.6 Å². The lowest BCUT2D eigenvalue weighted by Crippen LogP contribution is -2.45. The van der Waals surface area contributed by atoms with Crippen LogP contribution in [-0.2, 0) is 14.3 Å². The summed E-state index contributed by atoms with van der Waals surface area (Å²) in [5, 5.41) is 0. The number of hydrogen-bond acceptors (Lipinski definition) is 4. The standard InChI is InChI=1S/C16H32N2O3/c1-5-20-10-11-21-13-6-8-18(9-7-13)15(19)12-14(17)16(2,3)4/h13-14H,5-12,17H2,1-4H3. The zero-order chi connectivity index (χ0) is 15.9. The second-order valence-electron chi connectivity index (χ2n) is 6.82. The minimum atomic E-state index is -0.0924. The highest BCUT2D eigenvalue weighted by Crippen LogP contribution is 2.21. The van der Waals surface area contributed by atoms with Gasteiger partial charge in [-0.15, -0.1) is 0 Å². The number of nitrogens with zero attached hydrogens (tertiary/aromatic N) is 1. The molecule has 0 radical (unpaired) electrons. The van der Waals surface area contributed by atoms with Gasteiger partial charge in [-0.2, -0.15) is 0 Å². The summed E-state index contributed by atoms with van der Waals surface area (Å²) in [5.41, 5.74) is 6.06. The quantitative estimate of drug-likeness (QED) is 0.728. The summed E-state index contributed by atoms with van der Waals surface area (Å²) in [6, 6.07) is -0.0924. The van der Waals surface area contributed by atoms with E-state index in [-0.39, 0.29) is 23.5 Å². The number of rotatable bonds is 7. The van der Waals surface area contributed by atoms with Crippen molar-refractivity contribution in [2.45, 2.75) is 59.1 Å². The van der Waals surface area contributed by atoms with Crippen LogP contribution in [0.1, 0.15) is 47.0 Å². The van der Waals surface area contributed by atoms with E-state index in [4.69, 9.17) is 15.2 Å². The van der Waals surface area contributed by atoms with Crippen molar-refractivity contribution in [3.8, 4) is 0 Å². The molecule has 0 bridgehead atoms. The fourth-order valence-corrected chi connectivity index (χ4v) is 2.31. The predicted octanol–water partition coefficient (Wildman–Crippen LogP) is 1.79. The smallest absolute Gasteiger partial charge is 0.224 e. The van der Waals surface area contributed by atoms with Gasteiger partial charge in [0.25, 0.3) is 0 Å². The number of amides is 1. The van der Waals surface area contributed by atoms with E-state index < -0.39 is 0 Å². The molecule has 5 heteroatoms. The maximum Gasteiger partial charge on any atom is 0.224 e. The molecule has 1 heterocycles. The highest BCUT2D eigenvalue weighted by atomic mass is 16.5. The Balaban J connectivity index is 2.24. The fourth-order valence-electron chi connectivity index (χ4n) is 2.31. The van der Waals surface area contributed by atoms with E-state index in [1.54, 1.807) is 0 Å². The molecule has 0 aromatic rings. The van der Waals surface area contributed by atoms with Crippen LogP contribution in [0.4, 0.5) is 0 Å². The van der Waals surface area contributed by atoms with Crippen LogP contribution in [0, 0.1) is 5.41 Å². The van der Waals surface area contributed by atoms with Gasteiger partial charge in [0.05, 0.1) is 19.3 Å². The summed E-state index contributed by atoms with van der Waals surface area (Å²) in [6.07, 6.45) is 2.50. The number of carbonyl (C=O) groups is 1. The Bertz CT molecular complexity index is 307. The Morgan fingerprint density at radius 2 is 1.90 bits per heavy atom. The summed E-state index contributed by atoms with van der Waals surface area (Å²) >= 11 is 0. The molecule has 1 amide bonds. The average molecular weight is 300 g/mol. The highest BCUT2D eigenvalue weighted by Gasteiger charge is 2.28. The summed E-state index contributed by atoms with van der Waals surface area (Å²) in [5.74, 6) is 0.171. The molecule has 0 aromatic carbocycles. The van der Waals surface area contributed by atoms with Gasteiger partial charge in [0.2, 0.25) is 5.91 Å². The van der Waals surface area contributed by atoms with E-state index in [1.165, 1.54) is 0 Å². The molecule has 1 aliphatic heterocycles. The van der Waals surface area contributed by atoms with Gasteiger partial charge in [-0.3, -0.25) is 4.79 Å². The first-order valence-electron chi connectivity index (χ1n) is 8.07. The molecule has 1 rings (SSSR count). The molecule has 1 atom stereocenters. The zero-order valence-electron chi connectivity index (χ0n) is 14.1. The minimum absolute atomic E-state index is 0.0314. The lowest BCUT2D eigenvalue weighted by molar-refractivity contribution is -0.135. The molecule has 1 aliphatic rings. The molecule has 1 fully saturated rings. The monoisotopic (exact) mass is 300 g/mol. The van der Waals surface area contributed by atoms with E-state index in [2.05, 4.69) is 20.8 Å². The second-order valence-corrected chi connectivity index (χ2v) is 6.82. The predicted molar refractivity (Wildman–Crippen MR) is 84.1 cm³/mol. The Hall–Kier alpha value is -0.650. The third-order valence-corrected chi connectivity index (χ3v) is 4.09. The van der Waals surface area contributed by atoms with Crippen LogP contribution in [0.3, 0.4) is 0 Å². The van der Waals surface area contributed by atoms with Crippen LogP contribution in [0.5, 0.6) is 0 Å². The molecule has 0 spiro atoms. The summed E-state index contributed by atoms with van der Waals surface area (Å²) in [4.78, 5) is 14.2. The van der Waals surface area contributed by atoms with Crippen LogP contribution in [0.15, 0.2) is 0 Å². The number of ether oxygens (including phenoxy) is 2. The van der Waals surface area contributed by atoms with Crippen molar-refractivity contribution in [1.29, 1.82) is 0 Å². The third-order valence-electron chi connectivity index (χ3n) is 4.09. The summed E-state index contributed by atoms with van der Waals surface area (Å²) in [6.45, 7) is 11.8. The molecule has 124 valence electrons. The van der Waals surface area contributed by atoms with Gasteiger partial charge in [0.15, 0.2) is 0 Å². The van der Waals surface area contributed by atoms with Gasteiger partial charge in [-0.1, -0.05) is 20.8 Å². The molecule has 0 aromatic heterocycles. The van der Waals surface area contributed by atoms with Crippen LogP contribution in [0.2, 0.25) is 0 Å². The maximum absolute atomic E-state index is 12.2. The van der Waals surface area contributed by atoms with Crippen molar-refractivity contribution in [3.63, 3.8) is 0 Å². The first-order valence-corrected chi connectivity index (χ1v) is 8.07. The molecule has 2 N–H and O–H groups in total. The molecule has 1 unspecified atom stereocenters. The molecule has 0 saturated carbocycles. The number of nitrogens with two attached hydrogens (primary N) is 1. The molecule has 21 heavy (non-hydrogen) atoms. The Labute approximate surface area is 129 Å². The van der Waals surface area contributed by atoms with E-state index in [0.717, 1.165) is 32.5 Å². The number of hydrogen-bond donors (Lipinski definition) is 1. The molecule has 0 aliphatic carbocycles. The van der Waals surface area contributed by atoms with E-state index in [1.807, 2.05) is 11.8 Å². The van der Waals surface area contributed by atoms with Crippen LogP contribution < -0.4 is 5.73 Å². The lowest BCUT2D eigenvalue weighted by Gasteiger charge is -2.34. The fraction of sp³-hybridized carbons (Fsp3) is 0.938. The van der Waals surface area contributed by atoms with E-state index >= 15 is 0 Å². The summed E-state index contributed by atoms with van der Waals surface area (Å²) in [7, 11) is 0. The SMILES string of the molecule is CCOCCOC1CCN(C(=O)CC(N)C(C)(C)C)CC1. The number of carbonyl (C=O) groups excluding carboxylic acids is 1. The molecular weight excluding hydrogens is 268 g/mol. The normalized spacial score (nSPS) is 18.8. The Morgan fingerprint density at radius 1 is 1.29 bits per heavy atom. The van der Waals surface area contributed by atoms with Crippen molar-refractivity contribution in [2.24, 2.45) is 11.1 Å². The van der Waals surface area contributed by atoms with Gasteiger partial charge in [0.1, 0.15) is 0 Å². The molecular formula is C16H32N2O3. The van der Waals surface area contributed by atoms with Crippen molar-refractivity contribution in [2.75, 3.05) is 32.9 Å². The maximum atomic E-state index is 12.2. The lowest BCUT2D eigenvalue weighted by atomic mass is 9.85. The largest absolute Gasteiger partial charge is 0.379 e. The van der Waals surface area contributed by atoms with Crippen molar-refractivity contribution in [3.05, 3.63) is 0 Å². The van der Waals surface area contributed by atoms with Gasteiger partial charge in [-0.25, -0.2) is 0 Å². The second kappa shape index (κ2) is 8.71. The van der Waals surface area contributed by atoms with Crippen molar-refractivity contribution in [1.82, 2.24) is 4.90 Å². The minimum Gasteiger partial charge on any atom is -0.379 e. The van der Waals surface area contributed by atoms with Gasteiger partial charge < -0.3 is 20.1 Å². The van der Waals surface area contributed by atoms with Gasteiger partial charge in [0, 0.05) is 32.2 Å². The third kappa shape index (κ3) is 6.76. The van der Waals surface area contributed by atoms with Gasteiger partial charge in [-0.05, 0) is 25.2 Å². The summed E-state index contributed by atoms with van der Waals surface area (Å²) < 4.78 is 11.0. The topological polar surface area (TPSA) is 64.8 Å². The van der Waals surface area contributed by atoms with Gasteiger partial charge >= 0.3 is 0 Å². The average Bonchev–Trinajstić information content (AvgIpc) is 2.43. The van der Waals surface area contributed by atoms with Crippen LogP contribution in [0.25, 0.3) is 0 Å². The first-order chi connectivity index (χ1) is 9.84. The van der Waals surface area contributed by atoms with Crippen LogP contribution >= 0.6 is 0 Å². The molecule has 1 saturated heterocycles. The first kappa shape index (κ1) is 18.4. The number of piperidine rings is 1. The molecule has 5 nitrogen and oxygen atoms in total. The Kier molecular flexibility index (Phi) is 7.63. The van der Waals surface area contributed by atoms with E-state index in [9.17, 15) is 4.79 Å². The van der Waals surface area contributed by atoms with Crippen molar-refractivity contribution < 1.29 is 14.3 Å². The zero-order valence-corrected chi connectivity index (χ0v) is 14.1. The Morgan fingerprint density at radius 3 is 2.43 bits per heavy atom. The van der Waals surface area contributed by atoms with Crippen molar-refractivity contribution >= 4 is 5.91 Å². The highest BCUT2D eigenvalue weighted by molar-refractivity contribution is 5.77. The number of likely N-dealkylation sites (tertiary alicyclic amines) is 1. The van der Waals surface area contributed by atoms with Crippen LogP contribution in [-0.4, -0.2) is 55.9 Å².